The van der Waals surface area contributed by atoms with Crippen LogP contribution in [-0.4, -0.2) is 23.2 Å². The normalized spacial score (nSPS) is 13.0. The van der Waals surface area contributed by atoms with E-state index in [-0.39, 0.29) is 18.2 Å². The van der Waals surface area contributed by atoms with Crippen LogP contribution in [0.2, 0.25) is 0 Å². The molecule has 2 N–H and O–H groups in total. The molecule has 4 nitrogen and oxygen atoms in total. The Morgan fingerprint density at radius 3 is 2.20 bits per heavy atom. The summed E-state index contributed by atoms with van der Waals surface area (Å²) >= 11 is 1.62. The number of carboxylic acids is 1. The molecule has 0 saturated heterocycles. The van der Waals surface area contributed by atoms with Crippen molar-refractivity contribution in [2.45, 2.75) is 36.6 Å². The number of benzene rings is 2. The average Bonchev–Trinajstić information content (AvgIpc) is 2.61. The van der Waals surface area contributed by atoms with Crippen molar-refractivity contribution in [2.75, 3.05) is 6.26 Å². The topological polar surface area (TPSA) is 66.4 Å². The summed E-state index contributed by atoms with van der Waals surface area (Å²) in [5.41, 5.74) is 1.90. The zero-order valence-corrected chi connectivity index (χ0v) is 15.3. The number of carbonyl (C=O) groups is 2. The highest BCUT2D eigenvalue weighted by Gasteiger charge is 2.19. The zero-order valence-electron chi connectivity index (χ0n) is 14.4. The lowest BCUT2D eigenvalue weighted by molar-refractivity contribution is -0.137. The predicted molar refractivity (Wildman–Crippen MR) is 101 cm³/mol. The molecule has 0 aliphatic rings. The molecule has 0 fully saturated rings. The van der Waals surface area contributed by atoms with Gasteiger partial charge >= 0.3 is 5.97 Å². The molecule has 2 aromatic rings. The van der Waals surface area contributed by atoms with Crippen LogP contribution in [0.5, 0.6) is 0 Å². The molecular weight excluding hydrogens is 334 g/mol. The molecule has 2 atom stereocenters. The number of amides is 1. The third-order valence-electron chi connectivity index (χ3n) is 4.09. The Morgan fingerprint density at radius 1 is 1.00 bits per heavy atom. The first kappa shape index (κ1) is 19.1. The number of aliphatic carboxylic acids is 1. The summed E-state index contributed by atoms with van der Waals surface area (Å²) in [7, 11) is 0. The summed E-state index contributed by atoms with van der Waals surface area (Å²) in [6.07, 6.45) is 2.17. The fourth-order valence-electron chi connectivity index (χ4n) is 2.69. The van der Waals surface area contributed by atoms with Crippen molar-refractivity contribution in [1.29, 1.82) is 0 Å². The molecule has 0 spiro atoms. The smallest absolute Gasteiger partial charge is 0.305 e. The predicted octanol–water partition coefficient (Wildman–Crippen LogP) is 4.23. The van der Waals surface area contributed by atoms with E-state index in [9.17, 15) is 9.59 Å². The molecule has 0 aliphatic carbocycles. The first-order chi connectivity index (χ1) is 12.0. The van der Waals surface area contributed by atoms with Crippen molar-refractivity contribution in [1.82, 2.24) is 5.32 Å². The molecule has 0 saturated carbocycles. The first-order valence-electron chi connectivity index (χ1n) is 8.19. The second-order valence-electron chi connectivity index (χ2n) is 6.01. The maximum absolute atomic E-state index is 12.4. The number of hydrogen-bond acceptors (Lipinski definition) is 3. The molecule has 0 radical (unpaired) electrons. The van der Waals surface area contributed by atoms with Crippen LogP contribution < -0.4 is 5.32 Å². The van der Waals surface area contributed by atoms with Crippen LogP contribution in [0.25, 0.3) is 0 Å². The van der Waals surface area contributed by atoms with E-state index in [1.165, 1.54) is 0 Å². The van der Waals surface area contributed by atoms with Crippen LogP contribution in [0, 0.1) is 0 Å². The van der Waals surface area contributed by atoms with Crippen molar-refractivity contribution in [3.63, 3.8) is 0 Å². The Bertz CT molecular complexity index is 701. The summed E-state index contributed by atoms with van der Waals surface area (Å²) in [6.45, 7) is 1.99. The SMILES string of the molecule is CSc1ccc(C(CC(=O)O)NC(=O)CC(C)c2ccccc2)cc1. The maximum atomic E-state index is 12.4. The van der Waals surface area contributed by atoms with Gasteiger partial charge in [0.05, 0.1) is 12.5 Å². The lowest BCUT2D eigenvalue weighted by Crippen LogP contribution is -2.30. The average molecular weight is 357 g/mol. The van der Waals surface area contributed by atoms with Crippen molar-refractivity contribution in [3.05, 3.63) is 65.7 Å². The number of rotatable bonds is 8. The molecule has 0 aliphatic heterocycles. The maximum Gasteiger partial charge on any atom is 0.305 e. The second-order valence-corrected chi connectivity index (χ2v) is 6.89. The lowest BCUT2D eigenvalue weighted by atomic mass is 9.97. The van der Waals surface area contributed by atoms with Crippen molar-refractivity contribution in [2.24, 2.45) is 0 Å². The van der Waals surface area contributed by atoms with Crippen LogP contribution in [-0.2, 0) is 9.59 Å². The fourth-order valence-corrected chi connectivity index (χ4v) is 3.10. The lowest BCUT2D eigenvalue weighted by Gasteiger charge is -2.19. The minimum absolute atomic E-state index is 0.0746. The number of thioether (sulfide) groups is 1. The van der Waals surface area contributed by atoms with E-state index in [0.717, 1.165) is 16.0 Å². The van der Waals surface area contributed by atoms with Gasteiger partial charge in [0.15, 0.2) is 0 Å². The Kier molecular flexibility index (Phi) is 7.07. The van der Waals surface area contributed by atoms with Gasteiger partial charge in [-0.1, -0.05) is 49.4 Å². The van der Waals surface area contributed by atoms with Crippen LogP contribution in [0.3, 0.4) is 0 Å². The summed E-state index contributed by atoms with van der Waals surface area (Å²) in [6, 6.07) is 16.9. The fraction of sp³-hybridized carbons (Fsp3) is 0.300. The van der Waals surface area contributed by atoms with E-state index in [2.05, 4.69) is 5.32 Å². The summed E-state index contributed by atoms with van der Waals surface area (Å²) < 4.78 is 0. The highest BCUT2D eigenvalue weighted by Crippen LogP contribution is 2.23. The number of nitrogens with one attached hydrogen (secondary N) is 1. The Labute approximate surface area is 152 Å². The Morgan fingerprint density at radius 2 is 1.64 bits per heavy atom. The minimum atomic E-state index is -0.935. The van der Waals surface area contributed by atoms with E-state index in [0.29, 0.717) is 6.42 Å². The van der Waals surface area contributed by atoms with Gasteiger partial charge in [-0.2, -0.15) is 0 Å². The highest BCUT2D eigenvalue weighted by atomic mass is 32.2. The molecule has 1 amide bonds. The molecule has 25 heavy (non-hydrogen) atoms. The van der Waals surface area contributed by atoms with Crippen molar-refractivity contribution < 1.29 is 14.7 Å². The highest BCUT2D eigenvalue weighted by molar-refractivity contribution is 7.98. The third-order valence-corrected chi connectivity index (χ3v) is 4.84. The molecule has 2 aromatic carbocycles. The second kappa shape index (κ2) is 9.28. The number of carboxylic acid groups (broad SMARTS) is 1. The molecule has 5 heteroatoms. The van der Waals surface area contributed by atoms with E-state index >= 15 is 0 Å². The summed E-state index contributed by atoms with van der Waals surface area (Å²) in [5.74, 6) is -1.00. The van der Waals surface area contributed by atoms with Gasteiger partial charge < -0.3 is 10.4 Å². The van der Waals surface area contributed by atoms with Crippen molar-refractivity contribution >= 4 is 23.6 Å². The Balaban J connectivity index is 2.05. The quantitative estimate of drug-likeness (QED) is 0.694. The molecule has 2 rings (SSSR count). The Hall–Kier alpha value is -2.27. The van der Waals surface area contributed by atoms with Gasteiger partial charge in [-0.15, -0.1) is 11.8 Å². The summed E-state index contributed by atoms with van der Waals surface area (Å²) in [5, 5.41) is 12.0. The first-order valence-corrected chi connectivity index (χ1v) is 9.42. The van der Waals surface area contributed by atoms with Crippen LogP contribution in [0.1, 0.15) is 42.9 Å². The molecule has 132 valence electrons. The molecule has 0 heterocycles. The van der Waals surface area contributed by atoms with E-state index in [4.69, 9.17) is 5.11 Å². The molecule has 2 unspecified atom stereocenters. The van der Waals surface area contributed by atoms with Crippen LogP contribution >= 0.6 is 11.8 Å². The standard InChI is InChI=1S/C20H23NO3S/c1-14(15-6-4-3-5-7-15)12-19(22)21-18(13-20(23)24)16-8-10-17(25-2)11-9-16/h3-11,14,18H,12-13H2,1-2H3,(H,21,22)(H,23,24). The van der Waals surface area contributed by atoms with Gasteiger partial charge in [0.25, 0.3) is 0 Å². The van der Waals surface area contributed by atoms with Crippen LogP contribution in [0.15, 0.2) is 59.5 Å². The summed E-state index contributed by atoms with van der Waals surface area (Å²) in [4.78, 5) is 24.7. The van der Waals surface area contributed by atoms with Gasteiger partial charge in [-0.05, 0) is 35.4 Å². The largest absolute Gasteiger partial charge is 0.481 e. The monoisotopic (exact) mass is 357 g/mol. The van der Waals surface area contributed by atoms with E-state index < -0.39 is 12.0 Å². The zero-order chi connectivity index (χ0) is 18.2. The third kappa shape index (κ3) is 5.94. The van der Waals surface area contributed by atoms with E-state index in [1.807, 2.05) is 67.8 Å². The number of hydrogen-bond donors (Lipinski definition) is 2. The van der Waals surface area contributed by atoms with Gasteiger partial charge in [0.2, 0.25) is 5.91 Å². The molecule has 0 bridgehead atoms. The van der Waals surface area contributed by atoms with Gasteiger partial charge in [-0.3, -0.25) is 9.59 Å². The number of carbonyl (C=O) groups excluding carboxylic acids is 1. The van der Waals surface area contributed by atoms with Crippen LogP contribution in [0.4, 0.5) is 0 Å². The van der Waals surface area contributed by atoms with Gasteiger partial charge in [0, 0.05) is 11.3 Å². The molecular formula is C20H23NO3S. The van der Waals surface area contributed by atoms with Gasteiger partial charge in [-0.25, -0.2) is 0 Å². The minimum Gasteiger partial charge on any atom is -0.481 e. The van der Waals surface area contributed by atoms with Crippen molar-refractivity contribution in [3.8, 4) is 0 Å². The van der Waals surface area contributed by atoms with E-state index in [1.54, 1.807) is 11.8 Å². The molecule has 0 aromatic heterocycles. The van der Waals surface area contributed by atoms with Gasteiger partial charge in [0.1, 0.15) is 0 Å².